The standard InChI is InChI=1S/C14H18BrNO2S/c15-10-5-6-19-13(10)8-16-11-4-2-1-3-9(11)7-12(16)14(17)18/h5-6,9,11-12H,1-4,7-8H2,(H,17,18). The zero-order chi connectivity index (χ0) is 13.4. The first kappa shape index (κ1) is 13.6. The Morgan fingerprint density at radius 2 is 2.26 bits per heavy atom. The highest BCUT2D eigenvalue weighted by Crippen LogP contribution is 2.41. The number of likely N-dealkylation sites (tertiary alicyclic amines) is 1. The molecule has 5 heteroatoms. The fraction of sp³-hybridized carbons (Fsp3) is 0.643. The van der Waals surface area contributed by atoms with Gasteiger partial charge in [0.25, 0.3) is 0 Å². The Morgan fingerprint density at radius 3 is 2.95 bits per heavy atom. The molecule has 0 bridgehead atoms. The van der Waals surface area contributed by atoms with E-state index in [1.807, 2.05) is 6.07 Å². The van der Waals surface area contributed by atoms with Gasteiger partial charge in [0.1, 0.15) is 6.04 Å². The van der Waals surface area contributed by atoms with Crippen molar-refractivity contribution in [1.29, 1.82) is 0 Å². The maximum atomic E-state index is 11.5. The third-order valence-corrected chi connectivity index (χ3v) is 6.43. The van der Waals surface area contributed by atoms with Crippen molar-refractivity contribution < 1.29 is 9.90 Å². The predicted molar refractivity (Wildman–Crippen MR) is 79.3 cm³/mol. The fourth-order valence-electron chi connectivity index (χ4n) is 3.63. The topological polar surface area (TPSA) is 40.5 Å². The van der Waals surface area contributed by atoms with Crippen molar-refractivity contribution in [1.82, 2.24) is 4.90 Å². The largest absolute Gasteiger partial charge is 0.480 e. The van der Waals surface area contributed by atoms with E-state index in [2.05, 4.69) is 26.2 Å². The monoisotopic (exact) mass is 343 g/mol. The molecule has 3 unspecified atom stereocenters. The molecular formula is C14H18BrNO2S. The summed E-state index contributed by atoms with van der Waals surface area (Å²) >= 11 is 5.26. The zero-order valence-electron chi connectivity index (χ0n) is 10.7. The van der Waals surface area contributed by atoms with Crippen LogP contribution in [0.4, 0.5) is 0 Å². The summed E-state index contributed by atoms with van der Waals surface area (Å²) in [5, 5.41) is 11.5. The second-order valence-electron chi connectivity index (χ2n) is 5.57. The maximum Gasteiger partial charge on any atom is 0.320 e. The first-order valence-corrected chi connectivity index (χ1v) is 8.54. The Bertz CT molecular complexity index is 476. The number of carbonyl (C=O) groups is 1. The lowest BCUT2D eigenvalue weighted by atomic mass is 9.85. The molecular weight excluding hydrogens is 326 g/mol. The van der Waals surface area contributed by atoms with Gasteiger partial charge in [0.2, 0.25) is 0 Å². The highest BCUT2D eigenvalue weighted by atomic mass is 79.9. The Hall–Kier alpha value is -0.390. The van der Waals surface area contributed by atoms with Crippen LogP contribution < -0.4 is 0 Å². The number of rotatable bonds is 3. The number of hydrogen-bond acceptors (Lipinski definition) is 3. The van der Waals surface area contributed by atoms with Gasteiger partial charge >= 0.3 is 5.97 Å². The summed E-state index contributed by atoms with van der Waals surface area (Å²) in [6.45, 7) is 0.774. The number of fused-ring (bicyclic) bond motifs is 1. The van der Waals surface area contributed by atoms with E-state index in [0.29, 0.717) is 12.0 Å². The van der Waals surface area contributed by atoms with Gasteiger partial charge in [-0.2, -0.15) is 0 Å². The SMILES string of the molecule is O=C(O)C1CC2CCCCC2N1Cc1sccc1Br. The maximum absolute atomic E-state index is 11.5. The summed E-state index contributed by atoms with van der Waals surface area (Å²) in [4.78, 5) is 15.0. The number of halogens is 1. The molecule has 3 rings (SSSR count). The van der Waals surface area contributed by atoms with Crippen LogP contribution in [0.2, 0.25) is 0 Å². The molecule has 1 aliphatic carbocycles. The number of hydrogen-bond donors (Lipinski definition) is 1. The van der Waals surface area contributed by atoms with Crippen molar-refractivity contribution in [2.24, 2.45) is 5.92 Å². The molecule has 2 fully saturated rings. The highest BCUT2D eigenvalue weighted by Gasteiger charge is 2.45. The molecule has 3 atom stereocenters. The Kier molecular flexibility index (Phi) is 3.96. The second-order valence-corrected chi connectivity index (χ2v) is 7.42. The van der Waals surface area contributed by atoms with Crippen LogP contribution in [0.5, 0.6) is 0 Å². The third kappa shape index (κ3) is 2.60. The van der Waals surface area contributed by atoms with Gasteiger partial charge < -0.3 is 5.11 Å². The fourth-order valence-corrected chi connectivity index (χ4v) is 5.11. The summed E-state index contributed by atoms with van der Waals surface area (Å²) in [6, 6.07) is 2.23. The zero-order valence-corrected chi connectivity index (χ0v) is 13.1. The van der Waals surface area contributed by atoms with Gasteiger partial charge in [-0.15, -0.1) is 11.3 Å². The quantitative estimate of drug-likeness (QED) is 0.908. The molecule has 1 saturated carbocycles. The molecule has 0 aromatic carbocycles. The minimum Gasteiger partial charge on any atom is -0.480 e. The van der Waals surface area contributed by atoms with E-state index >= 15 is 0 Å². The van der Waals surface area contributed by atoms with Crippen LogP contribution in [0.15, 0.2) is 15.9 Å². The van der Waals surface area contributed by atoms with E-state index in [4.69, 9.17) is 0 Å². The first-order chi connectivity index (χ1) is 9.16. The normalized spacial score (nSPS) is 31.3. The minimum atomic E-state index is -0.651. The van der Waals surface area contributed by atoms with Gasteiger partial charge in [0.05, 0.1) is 0 Å². The molecule has 1 aliphatic heterocycles. The molecule has 1 aromatic rings. The van der Waals surface area contributed by atoms with Crippen molar-refractivity contribution in [3.63, 3.8) is 0 Å². The van der Waals surface area contributed by atoms with Crippen molar-refractivity contribution >= 4 is 33.2 Å². The predicted octanol–water partition coefficient (Wildman–Crippen LogP) is 3.73. The van der Waals surface area contributed by atoms with Crippen LogP contribution in [0.1, 0.15) is 37.0 Å². The minimum absolute atomic E-state index is 0.290. The van der Waals surface area contributed by atoms with Crippen LogP contribution in [0.25, 0.3) is 0 Å². The summed E-state index contributed by atoms with van der Waals surface area (Å²) in [7, 11) is 0. The van der Waals surface area contributed by atoms with Gasteiger partial charge in [-0.25, -0.2) is 0 Å². The summed E-state index contributed by atoms with van der Waals surface area (Å²) < 4.78 is 1.11. The van der Waals surface area contributed by atoms with Crippen molar-refractivity contribution in [3.05, 3.63) is 20.8 Å². The smallest absolute Gasteiger partial charge is 0.320 e. The second kappa shape index (κ2) is 5.54. The molecule has 1 N–H and O–H groups in total. The van der Waals surface area contributed by atoms with E-state index in [1.165, 1.54) is 24.1 Å². The molecule has 0 spiro atoms. The molecule has 19 heavy (non-hydrogen) atoms. The number of thiophene rings is 1. The van der Waals surface area contributed by atoms with Gasteiger partial charge in [-0.05, 0) is 52.6 Å². The molecule has 0 radical (unpaired) electrons. The summed E-state index contributed by atoms with van der Waals surface area (Å²) in [6.07, 6.45) is 5.72. The van der Waals surface area contributed by atoms with Crippen LogP contribution >= 0.6 is 27.3 Å². The van der Waals surface area contributed by atoms with E-state index in [0.717, 1.165) is 23.9 Å². The Labute approximate surface area is 125 Å². The first-order valence-electron chi connectivity index (χ1n) is 6.87. The van der Waals surface area contributed by atoms with Crippen molar-refractivity contribution in [2.45, 2.75) is 50.7 Å². The van der Waals surface area contributed by atoms with Crippen molar-refractivity contribution in [2.75, 3.05) is 0 Å². The molecule has 1 aromatic heterocycles. The van der Waals surface area contributed by atoms with Crippen LogP contribution in [0.3, 0.4) is 0 Å². The van der Waals surface area contributed by atoms with E-state index in [-0.39, 0.29) is 6.04 Å². The van der Waals surface area contributed by atoms with Gasteiger partial charge in [-0.3, -0.25) is 9.69 Å². The number of nitrogens with zero attached hydrogens (tertiary/aromatic N) is 1. The van der Waals surface area contributed by atoms with Gasteiger partial charge in [-0.1, -0.05) is 12.8 Å². The van der Waals surface area contributed by atoms with E-state index in [1.54, 1.807) is 11.3 Å². The summed E-state index contributed by atoms with van der Waals surface area (Å²) in [5.41, 5.74) is 0. The highest BCUT2D eigenvalue weighted by molar-refractivity contribution is 9.10. The molecule has 1 saturated heterocycles. The van der Waals surface area contributed by atoms with Crippen molar-refractivity contribution in [3.8, 4) is 0 Å². The van der Waals surface area contributed by atoms with Crippen LogP contribution in [-0.4, -0.2) is 28.1 Å². The molecule has 2 aliphatic rings. The van der Waals surface area contributed by atoms with Gasteiger partial charge in [0, 0.05) is 21.9 Å². The lowest BCUT2D eigenvalue weighted by molar-refractivity contribution is -0.142. The number of carboxylic acid groups (broad SMARTS) is 1. The molecule has 104 valence electrons. The summed E-state index contributed by atoms with van der Waals surface area (Å²) in [5.74, 6) is -0.0596. The van der Waals surface area contributed by atoms with Crippen LogP contribution in [0, 0.1) is 5.92 Å². The Balaban J connectivity index is 1.82. The lowest BCUT2D eigenvalue weighted by Gasteiger charge is -2.32. The number of carboxylic acids is 1. The molecule has 2 heterocycles. The number of aliphatic carboxylic acids is 1. The Morgan fingerprint density at radius 1 is 1.47 bits per heavy atom. The van der Waals surface area contributed by atoms with E-state index < -0.39 is 5.97 Å². The average molecular weight is 344 g/mol. The molecule has 0 amide bonds. The van der Waals surface area contributed by atoms with Gasteiger partial charge in [0.15, 0.2) is 0 Å². The van der Waals surface area contributed by atoms with E-state index in [9.17, 15) is 9.90 Å². The molecule has 3 nitrogen and oxygen atoms in total. The van der Waals surface area contributed by atoms with Crippen LogP contribution in [-0.2, 0) is 11.3 Å². The average Bonchev–Trinajstić information content (AvgIpc) is 2.95. The lowest BCUT2D eigenvalue weighted by Crippen LogP contribution is -2.41. The third-order valence-electron chi connectivity index (χ3n) is 4.52.